The van der Waals surface area contributed by atoms with Crippen LogP contribution in [-0.2, 0) is 0 Å². The summed E-state index contributed by atoms with van der Waals surface area (Å²) in [4.78, 5) is 14.5. The third-order valence-corrected chi connectivity index (χ3v) is 2.93. The SMILES string of the molecule is CCCCCCCCCC(=O)c1cc[nH]c1. The van der Waals surface area contributed by atoms with Gasteiger partial charge >= 0.3 is 0 Å². The van der Waals surface area contributed by atoms with Crippen LogP contribution in [0, 0.1) is 0 Å². The van der Waals surface area contributed by atoms with Crippen molar-refractivity contribution in [1.82, 2.24) is 4.98 Å². The second-order valence-electron chi connectivity index (χ2n) is 4.39. The fourth-order valence-corrected chi connectivity index (χ4v) is 1.88. The lowest BCUT2D eigenvalue weighted by Crippen LogP contribution is -1.96. The zero-order chi connectivity index (χ0) is 11.6. The first-order chi connectivity index (χ1) is 7.84. The summed E-state index contributed by atoms with van der Waals surface area (Å²) in [6, 6.07) is 1.85. The molecular weight excluding hydrogens is 198 g/mol. The minimum atomic E-state index is 0.273. The quantitative estimate of drug-likeness (QED) is 0.488. The Hall–Kier alpha value is -1.05. The summed E-state index contributed by atoms with van der Waals surface area (Å²) in [6.45, 7) is 2.23. The highest BCUT2D eigenvalue weighted by molar-refractivity contribution is 5.95. The third kappa shape index (κ3) is 5.15. The van der Waals surface area contributed by atoms with Gasteiger partial charge in [0.05, 0.1) is 0 Å². The number of carbonyl (C=O) groups is 1. The smallest absolute Gasteiger partial charge is 0.164 e. The van der Waals surface area contributed by atoms with Crippen molar-refractivity contribution in [3.63, 3.8) is 0 Å². The highest BCUT2D eigenvalue weighted by Crippen LogP contribution is 2.10. The second-order valence-corrected chi connectivity index (χ2v) is 4.39. The molecule has 0 amide bonds. The van der Waals surface area contributed by atoms with Crippen LogP contribution in [0.5, 0.6) is 0 Å². The van der Waals surface area contributed by atoms with E-state index in [0.717, 1.165) is 12.0 Å². The van der Waals surface area contributed by atoms with Crippen LogP contribution in [0.1, 0.15) is 68.6 Å². The summed E-state index contributed by atoms with van der Waals surface area (Å²) >= 11 is 0. The molecule has 2 nitrogen and oxygen atoms in total. The number of aromatic nitrogens is 1. The van der Waals surface area contributed by atoms with Crippen molar-refractivity contribution in [1.29, 1.82) is 0 Å². The molecule has 2 heteroatoms. The van der Waals surface area contributed by atoms with E-state index in [1.54, 1.807) is 12.4 Å². The van der Waals surface area contributed by atoms with E-state index in [9.17, 15) is 4.79 Å². The van der Waals surface area contributed by atoms with E-state index in [1.165, 1.54) is 38.5 Å². The van der Waals surface area contributed by atoms with Gasteiger partial charge in [-0.2, -0.15) is 0 Å². The number of carbonyl (C=O) groups excluding carboxylic acids is 1. The van der Waals surface area contributed by atoms with E-state index < -0.39 is 0 Å². The Bertz CT molecular complexity index is 277. The molecule has 1 heterocycles. The van der Waals surface area contributed by atoms with E-state index in [-0.39, 0.29) is 5.78 Å². The summed E-state index contributed by atoms with van der Waals surface area (Å²) in [6.07, 6.45) is 13.1. The molecule has 1 rings (SSSR count). The summed E-state index contributed by atoms with van der Waals surface area (Å²) < 4.78 is 0. The Morgan fingerprint density at radius 3 is 2.44 bits per heavy atom. The van der Waals surface area contributed by atoms with E-state index >= 15 is 0 Å². The number of hydrogen-bond donors (Lipinski definition) is 1. The number of unbranched alkanes of at least 4 members (excludes halogenated alkanes) is 6. The average molecular weight is 221 g/mol. The highest BCUT2D eigenvalue weighted by Gasteiger charge is 2.04. The fourth-order valence-electron chi connectivity index (χ4n) is 1.88. The van der Waals surface area contributed by atoms with Crippen LogP contribution in [0.4, 0.5) is 0 Å². The molecule has 0 spiro atoms. The number of Topliss-reactive ketones (excluding diaryl/α,β-unsaturated/α-hetero) is 1. The third-order valence-electron chi connectivity index (χ3n) is 2.93. The maximum absolute atomic E-state index is 11.6. The fraction of sp³-hybridized carbons (Fsp3) is 0.643. The van der Waals surface area contributed by atoms with Crippen molar-refractivity contribution < 1.29 is 4.79 Å². The van der Waals surface area contributed by atoms with Gasteiger partial charge in [-0.15, -0.1) is 0 Å². The molecule has 16 heavy (non-hydrogen) atoms. The Morgan fingerprint density at radius 2 is 1.81 bits per heavy atom. The van der Waals surface area contributed by atoms with Crippen LogP contribution in [0.15, 0.2) is 18.5 Å². The Morgan fingerprint density at radius 1 is 1.12 bits per heavy atom. The van der Waals surface area contributed by atoms with E-state index in [4.69, 9.17) is 0 Å². The largest absolute Gasteiger partial charge is 0.367 e. The lowest BCUT2D eigenvalue weighted by atomic mass is 10.0. The maximum atomic E-state index is 11.6. The average Bonchev–Trinajstić information content (AvgIpc) is 2.81. The molecule has 0 saturated carbocycles. The van der Waals surface area contributed by atoms with E-state index in [1.807, 2.05) is 6.07 Å². The normalized spacial score (nSPS) is 10.6. The number of hydrogen-bond acceptors (Lipinski definition) is 1. The van der Waals surface area contributed by atoms with Gasteiger partial charge in [-0.25, -0.2) is 0 Å². The highest BCUT2D eigenvalue weighted by atomic mass is 16.1. The van der Waals surface area contributed by atoms with E-state index in [0.29, 0.717) is 6.42 Å². The molecule has 0 aliphatic carbocycles. The van der Waals surface area contributed by atoms with Crippen LogP contribution in [0.25, 0.3) is 0 Å². The molecule has 0 unspecified atom stereocenters. The van der Waals surface area contributed by atoms with Gasteiger partial charge in [0, 0.05) is 24.4 Å². The number of H-pyrrole nitrogens is 1. The molecular formula is C14H23NO. The van der Waals surface area contributed by atoms with Crippen molar-refractivity contribution >= 4 is 5.78 Å². The van der Waals surface area contributed by atoms with Gasteiger partial charge in [-0.05, 0) is 12.5 Å². The summed E-state index contributed by atoms with van der Waals surface area (Å²) in [5, 5.41) is 0. The van der Waals surface area contributed by atoms with Crippen LogP contribution >= 0.6 is 0 Å². The molecule has 0 radical (unpaired) electrons. The number of ketones is 1. The molecule has 0 atom stereocenters. The molecule has 90 valence electrons. The minimum Gasteiger partial charge on any atom is -0.367 e. The van der Waals surface area contributed by atoms with Crippen molar-refractivity contribution in [2.24, 2.45) is 0 Å². The van der Waals surface area contributed by atoms with Crippen molar-refractivity contribution in [3.8, 4) is 0 Å². The maximum Gasteiger partial charge on any atom is 0.164 e. The monoisotopic (exact) mass is 221 g/mol. The number of rotatable bonds is 9. The van der Waals surface area contributed by atoms with Gasteiger partial charge in [-0.3, -0.25) is 4.79 Å². The molecule has 1 N–H and O–H groups in total. The molecule has 0 aromatic carbocycles. The van der Waals surface area contributed by atoms with Crippen molar-refractivity contribution in [2.45, 2.75) is 58.3 Å². The van der Waals surface area contributed by atoms with Crippen molar-refractivity contribution in [2.75, 3.05) is 0 Å². The first-order valence-corrected chi connectivity index (χ1v) is 6.50. The molecule has 0 fully saturated rings. The lowest BCUT2D eigenvalue weighted by molar-refractivity contribution is 0.0979. The van der Waals surface area contributed by atoms with Gasteiger partial charge in [-0.1, -0.05) is 45.4 Å². The zero-order valence-electron chi connectivity index (χ0n) is 10.3. The summed E-state index contributed by atoms with van der Waals surface area (Å²) in [7, 11) is 0. The second kappa shape index (κ2) is 8.14. The zero-order valence-corrected chi connectivity index (χ0v) is 10.3. The van der Waals surface area contributed by atoms with Gasteiger partial charge in [0.2, 0.25) is 0 Å². The Kier molecular flexibility index (Phi) is 6.62. The minimum absolute atomic E-state index is 0.273. The van der Waals surface area contributed by atoms with Gasteiger partial charge < -0.3 is 4.98 Å². The van der Waals surface area contributed by atoms with Crippen LogP contribution in [0.2, 0.25) is 0 Å². The van der Waals surface area contributed by atoms with Gasteiger partial charge in [0.25, 0.3) is 0 Å². The first kappa shape index (κ1) is 13.0. The van der Waals surface area contributed by atoms with Crippen LogP contribution in [-0.4, -0.2) is 10.8 Å². The standard InChI is InChI=1S/C14H23NO/c1-2-3-4-5-6-7-8-9-14(16)13-10-11-15-12-13/h10-12,15H,2-9H2,1H3. The molecule has 1 aromatic heterocycles. The van der Waals surface area contributed by atoms with Crippen molar-refractivity contribution in [3.05, 3.63) is 24.0 Å². The molecule has 1 aromatic rings. The predicted molar refractivity (Wildman–Crippen MR) is 67.7 cm³/mol. The Labute approximate surface area is 98.5 Å². The Balaban J connectivity index is 1.97. The lowest BCUT2D eigenvalue weighted by Gasteiger charge is -2.00. The molecule has 0 aliphatic rings. The van der Waals surface area contributed by atoms with Gasteiger partial charge in [0.15, 0.2) is 5.78 Å². The van der Waals surface area contributed by atoms with Gasteiger partial charge in [0.1, 0.15) is 0 Å². The molecule has 0 bridgehead atoms. The number of nitrogens with one attached hydrogen (secondary N) is 1. The predicted octanol–water partition coefficient (Wildman–Crippen LogP) is 4.34. The summed E-state index contributed by atoms with van der Waals surface area (Å²) in [5.41, 5.74) is 0.825. The van der Waals surface area contributed by atoms with Crippen LogP contribution < -0.4 is 0 Å². The summed E-state index contributed by atoms with van der Waals surface area (Å²) in [5.74, 6) is 0.273. The molecule has 0 saturated heterocycles. The first-order valence-electron chi connectivity index (χ1n) is 6.50. The van der Waals surface area contributed by atoms with Crippen LogP contribution in [0.3, 0.4) is 0 Å². The molecule has 0 aliphatic heterocycles. The van der Waals surface area contributed by atoms with E-state index in [2.05, 4.69) is 11.9 Å². The number of aromatic amines is 1. The topological polar surface area (TPSA) is 32.9 Å².